The monoisotopic (exact) mass is 509 g/mol. The van der Waals surface area contributed by atoms with Crippen molar-refractivity contribution in [1.82, 2.24) is 14.9 Å². The summed E-state index contributed by atoms with van der Waals surface area (Å²) in [5, 5.41) is 10.2. The minimum Gasteiger partial charge on any atom is -0.497 e. The van der Waals surface area contributed by atoms with Crippen molar-refractivity contribution in [1.29, 1.82) is 0 Å². The zero-order valence-electron chi connectivity index (χ0n) is 21.4. The molecule has 0 aliphatic carbocycles. The lowest BCUT2D eigenvalue weighted by Crippen LogP contribution is -2.50. The van der Waals surface area contributed by atoms with Crippen LogP contribution in [0.3, 0.4) is 0 Å². The number of esters is 1. The number of hydroxylamine groups is 2. The lowest BCUT2D eigenvalue weighted by molar-refractivity contribution is -0.144. The standard InChI is InChI=1S/C27H31N3O7/c1-18(31)36-17-27(13-15-30(16-14-27)26(32)29(2)33)25-28-23(19-5-9-21(34-3)10-6-19)24(37-25)20-7-11-22(35-4)12-8-20/h5-12,33H,13-17H2,1-4H3. The predicted octanol–water partition coefficient (Wildman–Crippen LogP) is 4.36. The summed E-state index contributed by atoms with van der Waals surface area (Å²) in [6.07, 6.45) is 0.870. The third-order valence-corrected chi connectivity index (χ3v) is 6.62. The van der Waals surface area contributed by atoms with E-state index in [0.29, 0.717) is 54.1 Å². The number of hydrogen-bond donors (Lipinski definition) is 1. The number of methoxy groups -OCH3 is 2. The predicted molar refractivity (Wildman–Crippen MR) is 135 cm³/mol. The number of piperidine rings is 1. The zero-order valence-corrected chi connectivity index (χ0v) is 21.4. The molecule has 4 rings (SSSR count). The van der Waals surface area contributed by atoms with Gasteiger partial charge < -0.3 is 23.5 Å². The van der Waals surface area contributed by atoms with Crippen LogP contribution in [-0.4, -0.2) is 73.1 Å². The number of carbonyl (C=O) groups excluding carboxylic acids is 2. The van der Waals surface area contributed by atoms with Gasteiger partial charge >= 0.3 is 12.0 Å². The number of carbonyl (C=O) groups is 2. The van der Waals surface area contributed by atoms with Gasteiger partial charge in [-0.25, -0.2) is 14.8 Å². The van der Waals surface area contributed by atoms with Gasteiger partial charge in [-0.3, -0.25) is 10.0 Å². The molecule has 1 N–H and O–H groups in total. The topological polar surface area (TPSA) is 115 Å². The Hall–Kier alpha value is -4.05. The molecule has 1 saturated heterocycles. The van der Waals surface area contributed by atoms with E-state index >= 15 is 0 Å². The summed E-state index contributed by atoms with van der Waals surface area (Å²) in [7, 11) is 4.50. The molecule has 0 spiro atoms. The molecule has 1 aliphatic rings. The van der Waals surface area contributed by atoms with E-state index in [0.717, 1.165) is 16.9 Å². The van der Waals surface area contributed by atoms with Crippen LogP contribution >= 0.6 is 0 Å². The number of hydrogen-bond acceptors (Lipinski definition) is 8. The SMILES string of the molecule is COc1ccc(-c2nc(C3(COC(C)=O)CCN(C(=O)N(C)O)CC3)oc2-c2ccc(OC)cc2)cc1. The van der Waals surface area contributed by atoms with Crippen molar-refractivity contribution < 1.29 is 33.4 Å². The van der Waals surface area contributed by atoms with Crippen LogP contribution in [0.2, 0.25) is 0 Å². The molecule has 0 unspecified atom stereocenters. The molecule has 3 aromatic rings. The van der Waals surface area contributed by atoms with Crippen molar-refractivity contribution in [2.75, 3.05) is 41.0 Å². The molecule has 10 nitrogen and oxygen atoms in total. The number of amides is 2. The summed E-state index contributed by atoms with van der Waals surface area (Å²) in [6, 6.07) is 14.5. The number of aromatic nitrogens is 1. The van der Waals surface area contributed by atoms with Crippen molar-refractivity contribution in [3.05, 3.63) is 54.4 Å². The van der Waals surface area contributed by atoms with E-state index in [1.54, 1.807) is 19.1 Å². The smallest absolute Gasteiger partial charge is 0.343 e. The van der Waals surface area contributed by atoms with Crippen LogP contribution in [0.4, 0.5) is 4.79 Å². The van der Waals surface area contributed by atoms with E-state index in [1.807, 2.05) is 48.5 Å². The Labute approximate surface area is 215 Å². The third-order valence-electron chi connectivity index (χ3n) is 6.62. The van der Waals surface area contributed by atoms with Crippen molar-refractivity contribution in [2.45, 2.75) is 25.2 Å². The third kappa shape index (κ3) is 5.54. The molecule has 2 aromatic carbocycles. The van der Waals surface area contributed by atoms with Crippen LogP contribution in [0.15, 0.2) is 52.9 Å². The lowest BCUT2D eigenvalue weighted by Gasteiger charge is -2.39. The van der Waals surface area contributed by atoms with Gasteiger partial charge in [0.2, 0.25) is 5.89 Å². The average molecular weight is 510 g/mol. The van der Waals surface area contributed by atoms with E-state index in [-0.39, 0.29) is 6.61 Å². The highest BCUT2D eigenvalue weighted by atomic mass is 16.5. The minimum absolute atomic E-state index is 0.0595. The quantitative estimate of drug-likeness (QED) is 0.284. The maximum absolute atomic E-state index is 12.3. The summed E-state index contributed by atoms with van der Waals surface area (Å²) in [4.78, 5) is 30.5. The van der Waals surface area contributed by atoms with E-state index < -0.39 is 17.4 Å². The first-order valence-corrected chi connectivity index (χ1v) is 11.9. The maximum atomic E-state index is 12.3. The minimum atomic E-state index is -0.748. The molecular formula is C27H31N3O7. The van der Waals surface area contributed by atoms with Crippen LogP contribution in [0.1, 0.15) is 25.7 Å². The number of nitrogens with zero attached hydrogens (tertiary/aromatic N) is 3. The number of benzene rings is 2. The fourth-order valence-corrected chi connectivity index (χ4v) is 4.42. The number of oxazole rings is 1. The molecule has 2 amide bonds. The highest BCUT2D eigenvalue weighted by molar-refractivity contribution is 5.77. The van der Waals surface area contributed by atoms with E-state index in [9.17, 15) is 14.8 Å². The van der Waals surface area contributed by atoms with E-state index in [2.05, 4.69) is 0 Å². The van der Waals surface area contributed by atoms with Gasteiger partial charge in [0.25, 0.3) is 0 Å². The Bertz CT molecular complexity index is 1160. The molecule has 0 radical (unpaired) electrons. The number of ether oxygens (including phenoxy) is 3. The van der Waals surface area contributed by atoms with Crippen LogP contribution in [0.25, 0.3) is 22.6 Å². The molecule has 0 saturated carbocycles. The Kier molecular flexibility index (Phi) is 7.68. The fraction of sp³-hybridized carbons (Fsp3) is 0.370. The maximum Gasteiger partial charge on any atom is 0.343 e. The van der Waals surface area contributed by atoms with Gasteiger partial charge in [-0.15, -0.1) is 0 Å². The molecule has 37 heavy (non-hydrogen) atoms. The van der Waals surface area contributed by atoms with E-state index in [4.69, 9.17) is 23.6 Å². The van der Waals surface area contributed by atoms with Crippen LogP contribution in [-0.2, 0) is 14.9 Å². The van der Waals surface area contributed by atoms with Gasteiger partial charge in [-0.1, -0.05) is 0 Å². The normalized spacial score (nSPS) is 14.7. The fourth-order valence-electron chi connectivity index (χ4n) is 4.42. The van der Waals surface area contributed by atoms with Crippen LogP contribution < -0.4 is 9.47 Å². The summed E-state index contributed by atoms with van der Waals surface area (Å²) in [5.41, 5.74) is 1.53. The first-order chi connectivity index (χ1) is 17.8. The molecule has 1 aromatic heterocycles. The first kappa shape index (κ1) is 26.0. The summed E-state index contributed by atoms with van der Waals surface area (Å²) >= 11 is 0. The molecule has 0 atom stereocenters. The highest BCUT2D eigenvalue weighted by Crippen LogP contribution is 2.42. The molecule has 0 bridgehead atoms. The van der Waals surface area contributed by atoms with Gasteiger partial charge in [0.05, 0.1) is 19.6 Å². The second-order valence-electron chi connectivity index (χ2n) is 9.01. The number of urea groups is 1. The molecule has 2 heterocycles. The first-order valence-electron chi connectivity index (χ1n) is 11.9. The van der Waals surface area contributed by atoms with Crippen LogP contribution in [0.5, 0.6) is 11.5 Å². The summed E-state index contributed by atoms with van der Waals surface area (Å²) in [6.45, 7) is 2.09. The summed E-state index contributed by atoms with van der Waals surface area (Å²) < 4.78 is 22.5. The van der Waals surface area contributed by atoms with Gasteiger partial charge in [-0.05, 0) is 61.4 Å². The number of likely N-dealkylation sites (tertiary alicyclic amines) is 1. The van der Waals surface area contributed by atoms with E-state index in [1.165, 1.54) is 14.0 Å². The van der Waals surface area contributed by atoms with Crippen molar-refractivity contribution in [2.24, 2.45) is 0 Å². The average Bonchev–Trinajstić information content (AvgIpc) is 3.38. The molecule has 10 heteroatoms. The van der Waals surface area contributed by atoms with Gasteiger partial charge in [-0.2, -0.15) is 0 Å². The molecule has 1 fully saturated rings. The van der Waals surface area contributed by atoms with Crippen LogP contribution in [0, 0.1) is 0 Å². The Balaban J connectivity index is 1.78. The lowest BCUT2D eigenvalue weighted by atomic mass is 9.79. The van der Waals surface area contributed by atoms with Gasteiger partial charge in [0, 0.05) is 38.2 Å². The Morgan fingerprint density at radius 3 is 2.03 bits per heavy atom. The molecule has 1 aliphatic heterocycles. The number of rotatable bonds is 7. The largest absolute Gasteiger partial charge is 0.497 e. The van der Waals surface area contributed by atoms with Crippen molar-refractivity contribution in [3.63, 3.8) is 0 Å². The second kappa shape index (κ2) is 10.9. The zero-order chi connectivity index (χ0) is 26.6. The highest BCUT2D eigenvalue weighted by Gasteiger charge is 2.44. The second-order valence-corrected chi connectivity index (χ2v) is 9.01. The van der Waals surface area contributed by atoms with Crippen molar-refractivity contribution >= 4 is 12.0 Å². The van der Waals surface area contributed by atoms with Gasteiger partial charge in [0.15, 0.2) is 5.76 Å². The Morgan fingerprint density at radius 2 is 1.54 bits per heavy atom. The molecule has 196 valence electrons. The van der Waals surface area contributed by atoms with Gasteiger partial charge in [0.1, 0.15) is 23.8 Å². The molecular weight excluding hydrogens is 478 g/mol. The summed E-state index contributed by atoms with van der Waals surface area (Å²) in [5.74, 6) is 2.01. The van der Waals surface area contributed by atoms with Crippen molar-refractivity contribution in [3.8, 4) is 34.1 Å². The Morgan fingerprint density at radius 1 is 1.00 bits per heavy atom.